The normalized spacial score (nSPS) is 12.6. The summed E-state index contributed by atoms with van der Waals surface area (Å²) in [7, 11) is 1.55. The smallest absolute Gasteiger partial charge is 0.269 e. The van der Waals surface area contributed by atoms with Crippen LogP contribution in [0.1, 0.15) is 48.0 Å². The standard InChI is InChI=1S/C21H22N4O5/c1-30-12-4-11-25-20(28)15-7-6-14(13-16(15)21(25)29)18(26)23-9-10-24-19(27)17-5-2-3-8-22-17/h2-3,5-8,13H,4,9-12H2,1H3,(H,23,26)(H,24,27). The van der Waals surface area contributed by atoms with E-state index in [1.165, 1.54) is 29.3 Å². The van der Waals surface area contributed by atoms with Crippen LogP contribution in [0.25, 0.3) is 0 Å². The monoisotopic (exact) mass is 410 g/mol. The maximum absolute atomic E-state index is 12.5. The van der Waals surface area contributed by atoms with Crippen LogP contribution in [0.15, 0.2) is 42.6 Å². The van der Waals surface area contributed by atoms with Crippen LogP contribution in [0.3, 0.4) is 0 Å². The van der Waals surface area contributed by atoms with Crippen molar-refractivity contribution >= 4 is 23.6 Å². The van der Waals surface area contributed by atoms with Crippen LogP contribution >= 0.6 is 0 Å². The Labute approximate surface area is 173 Å². The molecular weight excluding hydrogens is 388 g/mol. The second-order valence-corrected chi connectivity index (χ2v) is 6.60. The third kappa shape index (κ3) is 4.69. The summed E-state index contributed by atoms with van der Waals surface area (Å²) in [6, 6.07) is 9.43. The average molecular weight is 410 g/mol. The highest BCUT2D eigenvalue weighted by atomic mass is 16.5. The number of pyridine rings is 1. The Morgan fingerprint density at radius 2 is 1.73 bits per heavy atom. The number of imide groups is 1. The number of fused-ring (bicyclic) bond motifs is 1. The number of hydrogen-bond donors (Lipinski definition) is 2. The zero-order valence-corrected chi connectivity index (χ0v) is 16.5. The molecule has 2 aromatic rings. The molecule has 156 valence electrons. The summed E-state index contributed by atoms with van der Waals surface area (Å²) in [4.78, 5) is 54.3. The molecule has 1 aliphatic rings. The molecule has 2 heterocycles. The van der Waals surface area contributed by atoms with Gasteiger partial charge in [-0.05, 0) is 36.8 Å². The van der Waals surface area contributed by atoms with Gasteiger partial charge in [-0.2, -0.15) is 0 Å². The lowest BCUT2D eigenvalue weighted by molar-refractivity contribution is 0.0638. The van der Waals surface area contributed by atoms with Crippen LogP contribution in [0.5, 0.6) is 0 Å². The summed E-state index contributed by atoms with van der Waals surface area (Å²) in [6.07, 6.45) is 2.06. The van der Waals surface area contributed by atoms with Crippen LogP contribution in [-0.2, 0) is 4.74 Å². The summed E-state index contributed by atoms with van der Waals surface area (Å²) in [6.45, 7) is 1.12. The van der Waals surface area contributed by atoms with E-state index in [0.717, 1.165) is 0 Å². The van der Waals surface area contributed by atoms with E-state index in [4.69, 9.17) is 4.74 Å². The minimum Gasteiger partial charge on any atom is -0.385 e. The van der Waals surface area contributed by atoms with Gasteiger partial charge in [-0.25, -0.2) is 0 Å². The van der Waals surface area contributed by atoms with E-state index >= 15 is 0 Å². The van der Waals surface area contributed by atoms with Gasteiger partial charge in [0.1, 0.15) is 5.69 Å². The Balaban J connectivity index is 1.54. The van der Waals surface area contributed by atoms with Crippen LogP contribution < -0.4 is 10.6 Å². The van der Waals surface area contributed by atoms with Crippen molar-refractivity contribution in [1.82, 2.24) is 20.5 Å². The van der Waals surface area contributed by atoms with Gasteiger partial charge in [0.2, 0.25) is 0 Å². The van der Waals surface area contributed by atoms with Gasteiger partial charge in [-0.15, -0.1) is 0 Å². The second kappa shape index (κ2) is 9.75. The highest BCUT2D eigenvalue weighted by Crippen LogP contribution is 2.24. The maximum Gasteiger partial charge on any atom is 0.269 e. The molecule has 0 bridgehead atoms. The first kappa shape index (κ1) is 21.1. The lowest BCUT2D eigenvalue weighted by Gasteiger charge is -2.12. The molecule has 30 heavy (non-hydrogen) atoms. The molecule has 0 fully saturated rings. The van der Waals surface area contributed by atoms with Crippen molar-refractivity contribution in [1.29, 1.82) is 0 Å². The van der Waals surface area contributed by atoms with E-state index in [9.17, 15) is 19.2 Å². The molecule has 1 aliphatic heterocycles. The molecule has 0 spiro atoms. The summed E-state index contributed by atoms with van der Waals surface area (Å²) in [5, 5.41) is 5.33. The first-order chi connectivity index (χ1) is 14.5. The van der Waals surface area contributed by atoms with E-state index in [0.29, 0.717) is 18.7 Å². The molecule has 9 nitrogen and oxygen atoms in total. The van der Waals surface area contributed by atoms with Crippen LogP contribution in [0.2, 0.25) is 0 Å². The molecule has 0 saturated carbocycles. The van der Waals surface area contributed by atoms with Crippen molar-refractivity contribution in [2.75, 3.05) is 33.4 Å². The van der Waals surface area contributed by atoms with Gasteiger partial charge in [0.15, 0.2) is 0 Å². The Morgan fingerprint density at radius 3 is 2.43 bits per heavy atom. The third-order valence-electron chi connectivity index (χ3n) is 4.56. The molecule has 0 saturated heterocycles. The lowest BCUT2D eigenvalue weighted by Crippen LogP contribution is -2.35. The van der Waals surface area contributed by atoms with Crippen molar-refractivity contribution in [3.05, 3.63) is 65.0 Å². The van der Waals surface area contributed by atoms with Gasteiger partial charge < -0.3 is 15.4 Å². The highest BCUT2D eigenvalue weighted by molar-refractivity contribution is 6.22. The van der Waals surface area contributed by atoms with E-state index in [1.54, 1.807) is 25.3 Å². The first-order valence-electron chi connectivity index (χ1n) is 9.49. The number of rotatable bonds is 9. The number of nitrogens with one attached hydrogen (secondary N) is 2. The molecule has 0 unspecified atom stereocenters. The number of amides is 4. The number of nitrogens with zero attached hydrogens (tertiary/aromatic N) is 2. The van der Waals surface area contributed by atoms with Crippen molar-refractivity contribution < 1.29 is 23.9 Å². The highest BCUT2D eigenvalue weighted by Gasteiger charge is 2.35. The molecular formula is C21H22N4O5. The predicted molar refractivity (Wildman–Crippen MR) is 107 cm³/mol. The average Bonchev–Trinajstić information content (AvgIpc) is 3.01. The van der Waals surface area contributed by atoms with Crippen molar-refractivity contribution in [2.24, 2.45) is 0 Å². The fourth-order valence-electron chi connectivity index (χ4n) is 3.04. The number of ether oxygens (including phenoxy) is 1. The van der Waals surface area contributed by atoms with Crippen LogP contribution in [0, 0.1) is 0 Å². The lowest BCUT2D eigenvalue weighted by atomic mass is 10.1. The largest absolute Gasteiger partial charge is 0.385 e. The van der Waals surface area contributed by atoms with E-state index in [2.05, 4.69) is 15.6 Å². The quantitative estimate of drug-likeness (QED) is 0.468. The Hall–Kier alpha value is -3.59. The Bertz CT molecular complexity index is 961. The molecule has 0 radical (unpaired) electrons. The summed E-state index contributed by atoms with van der Waals surface area (Å²) >= 11 is 0. The number of hydrogen-bond acceptors (Lipinski definition) is 6. The van der Waals surface area contributed by atoms with Crippen molar-refractivity contribution in [3.63, 3.8) is 0 Å². The van der Waals surface area contributed by atoms with Crippen molar-refractivity contribution in [3.8, 4) is 0 Å². The van der Waals surface area contributed by atoms with Gasteiger partial charge in [0.25, 0.3) is 23.6 Å². The Kier molecular flexibility index (Phi) is 6.87. The van der Waals surface area contributed by atoms with Gasteiger partial charge >= 0.3 is 0 Å². The van der Waals surface area contributed by atoms with E-state index in [1.807, 2.05) is 0 Å². The molecule has 1 aromatic carbocycles. The van der Waals surface area contributed by atoms with Gasteiger partial charge in [-0.1, -0.05) is 6.07 Å². The number of benzene rings is 1. The van der Waals surface area contributed by atoms with E-state index < -0.39 is 11.8 Å². The number of carbonyl (C=O) groups excluding carboxylic acids is 4. The molecule has 1 aromatic heterocycles. The predicted octanol–water partition coefficient (Wildman–Crippen LogP) is 0.874. The number of carbonyl (C=O) groups is 4. The van der Waals surface area contributed by atoms with Crippen LogP contribution in [0.4, 0.5) is 0 Å². The third-order valence-corrected chi connectivity index (χ3v) is 4.56. The van der Waals surface area contributed by atoms with Gasteiger partial charge in [-0.3, -0.25) is 29.1 Å². The van der Waals surface area contributed by atoms with E-state index in [-0.39, 0.29) is 48.1 Å². The maximum atomic E-state index is 12.5. The summed E-state index contributed by atoms with van der Waals surface area (Å²) in [5.41, 5.74) is 1.07. The zero-order chi connectivity index (χ0) is 21.5. The van der Waals surface area contributed by atoms with Gasteiger partial charge in [0.05, 0.1) is 11.1 Å². The summed E-state index contributed by atoms with van der Waals surface area (Å²) < 4.78 is 4.95. The second-order valence-electron chi connectivity index (χ2n) is 6.60. The molecule has 9 heteroatoms. The molecule has 3 rings (SSSR count). The fraction of sp³-hybridized carbons (Fsp3) is 0.286. The van der Waals surface area contributed by atoms with Crippen LogP contribution in [-0.4, -0.2) is 66.9 Å². The first-order valence-corrected chi connectivity index (χ1v) is 9.49. The molecule has 0 atom stereocenters. The summed E-state index contributed by atoms with van der Waals surface area (Å²) in [5.74, 6) is -1.51. The Morgan fingerprint density at radius 1 is 1.00 bits per heavy atom. The van der Waals surface area contributed by atoms with Crippen molar-refractivity contribution in [2.45, 2.75) is 6.42 Å². The molecule has 2 N–H and O–H groups in total. The SMILES string of the molecule is COCCCN1C(=O)c2ccc(C(=O)NCCNC(=O)c3ccccn3)cc2C1=O. The topological polar surface area (TPSA) is 118 Å². The molecule has 0 aliphatic carbocycles. The number of methoxy groups -OCH3 is 1. The zero-order valence-electron chi connectivity index (χ0n) is 16.5. The van der Waals surface area contributed by atoms with Gasteiger partial charge in [0, 0.05) is 45.1 Å². The molecule has 4 amide bonds. The number of aromatic nitrogens is 1. The minimum absolute atomic E-state index is 0.199. The fourth-order valence-corrected chi connectivity index (χ4v) is 3.04. The minimum atomic E-state index is -0.414.